The van der Waals surface area contributed by atoms with Crippen LogP contribution in [0.3, 0.4) is 0 Å². The van der Waals surface area contributed by atoms with Gasteiger partial charge < -0.3 is 15.4 Å². The van der Waals surface area contributed by atoms with Crippen LogP contribution in [0.15, 0.2) is 55.0 Å². The maximum absolute atomic E-state index is 15.7. The van der Waals surface area contributed by atoms with Crippen LogP contribution in [0.25, 0.3) is 22.0 Å². The Labute approximate surface area is 244 Å². The van der Waals surface area contributed by atoms with Gasteiger partial charge in [0.15, 0.2) is 5.82 Å². The molecule has 1 saturated heterocycles. The SMILES string of the molecule is Cc1c(F)c(NS(=O)(=O)CCC(F)(F)F)c2ccccc2c1Oc1nccnc1-c1ccnc(N[C@@H]2CNC[C@@H](F)C2)c1. The van der Waals surface area contributed by atoms with Gasteiger partial charge in [0.1, 0.15) is 23.4 Å². The van der Waals surface area contributed by atoms with Crippen molar-refractivity contribution in [2.45, 2.75) is 38.2 Å². The maximum atomic E-state index is 15.7. The Morgan fingerprint density at radius 1 is 1.05 bits per heavy atom. The molecule has 3 N–H and O–H groups in total. The molecule has 2 atom stereocenters. The topological polar surface area (TPSA) is 118 Å². The first kappa shape index (κ1) is 30.4. The van der Waals surface area contributed by atoms with Crippen molar-refractivity contribution in [1.82, 2.24) is 20.3 Å². The molecule has 4 aromatic rings. The quantitative estimate of drug-likeness (QED) is 0.203. The van der Waals surface area contributed by atoms with Gasteiger partial charge >= 0.3 is 6.18 Å². The van der Waals surface area contributed by atoms with Crippen molar-refractivity contribution in [2.75, 3.05) is 28.9 Å². The summed E-state index contributed by atoms with van der Waals surface area (Å²) in [5, 5.41) is 6.58. The molecule has 1 aliphatic heterocycles. The zero-order valence-electron chi connectivity index (χ0n) is 22.8. The number of ether oxygens (including phenoxy) is 1. The number of nitrogens with one attached hydrogen (secondary N) is 3. The fourth-order valence-electron chi connectivity index (χ4n) is 4.75. The molecule has 0 spiro atoms. The van der Waals surface area contributed by atoms with Gasteiger partial charge in [-0.1, -0.05) is 24.3 Å². The van der Waals surface area contributed by atoms with E-state index in [1.165, 1.54) is 31.5 Å². The van der Waals surface area contributed by atoms with Crippen molar-refractivity contribution in [1.29, 1.82) is 0 Å². The molecule has 228 valence electrons. The summed E-state index contributed by atoms with van der Waals surface area (Å²) in [6.07, 6.45) is -2.58. The van der Waals surface area contributed by atoms with Gasteiger partial charge in [-0.2, -0.15) is 13.2 Å². The van der Waals surface area contributed by atoms with Gasteiger partial charge in [0.25, 0.3) is 0 Å². The lowest BCUT2D eigenvalue weighted by Crippen LogP contribution is -2.44. The average molecular weight is 623 g/mol. The number of hydrogen-bond acceptors (Lipinski definition) is 8. The fourth-order valence-corrected chi connectivity index (χ4v) is 5.87. The second kappa shape index (κ2) is 12.2. The molecule has 15 heteroatoms. The first-order chi connectivity index (χ1) is 20.4. The smallest absolute Gasteiger partial charge is 0.390 e. The molecule has 0 amide bonds. The van der Waals surface area contributed by atoms with Gasteiger partial charge in [0.2, 0.25) is 15.9 Å². The second-order valence-corrected chi connectivity index (χ2v) is 11.9. The average Bonchev–Trinajstić information content (AvgIpc) is 2.97. The van der Waals surface area contributed by atoms with Crippen LogP contribution in [0.2, 0.25) is 0 Å². The highest BCUT2D eigenvalue weighted by Crippen LogP contribution is 2.42. The molecule has 1 fully saturated rings. The number of rotatable bonds is 9. The van der Waals surface area contributed by atoms with Gasteiger partial charge in [0, 0.05) is 66.0 Å². The summed E-state index contributed by atoms with van der Waals surface area (Å²) in [7, 11) is -4.54. The number of pyridine rings is 1. The Kier molecular flexibility index (Phi) is 8.64. The van der Waals surface area contributed by atoms with Crippen LogP contribution in [-0.4, -0.2) is 60.6 Å². The summed E-state index contributed by atoms with van der Waals surface area (Å²) in [6.45, 7) is 2.22. The summed E-state index contributed by atoms with van der Waals surface area (Å²) >= 11 is 0. The zero-order chi connectivity index (χ0) is 30.8. The van der Waals surface area contributed by atoms with Crippen molar-refractivity contribution in [3.8, 4) is 22.9 Å². The minimum atomic E-state index is -4.70. The standard InChI is InChI=1S/C28H27F5N6O3S/c1-16-23(30)25(39-43(40,41)11-7-28(31,32)33)20-4-2-3-5-21(20)26(16)42-27-24(36-9-10-37-27)17-6-8-35-22(12-17)38-19-13-18(29)14-34-15-19/h2-6,8-10,12,18-19,34,39H,7,11,13-15H2,1H3,(H,35,38)/t18-,19-/m0/s1. The molecular weight excluding hydrogens is 595 g/mol. The predicted molar refractivity (Wildman–Crippen MR) is 152 cm³/mol. The molecule has 2 aromatic carbocycles. The first-order valence-electron chi connectivity index (χ1n) is 13.2. The monoisotopic (exact) mass is 622 g/mol. The number of sulfonamides is 1. The van der Waals surface area contributed by atoms with Crippen LogP contribution in [0.4, 0.5) is 33.5 Å². The third-order valence-corrected chi connectivity index (χ3v) is 8.04. The maximum Gasteiger partial charge on any atom is 0.390 e. The molecule has 0 bridgehead atoms. The normalized spacial score (nSPS) is 17.5. The zero-order valence-corrected chi connectivity index (χ0v) is 23.6. The third-order valence-electron chi connectivity index (χ3n) is 6.79. The van der Waals surface area contributed by atoms with Crippen LogP contribution in [0, 0.1) is 12.7 Å². The Morgan fingerprint density at radius 2 is 1.79 bits per heavy atom. The highest BCUT2D eigenvalue weighted by atomic mass is 32.2. The summed E-state index contributed by atoms with van der Waals surface area (Å²) in [5.74, 6) is -1.78. The van der Waals surface area contributed by atoms with E-state index in [0.29, 0.717) is 36.6 Å². The van der Waals surface area contributed by atoms with Crippen LogP contribution in [0.5, 0.6) is 11.6 Å². The lowest BCUT2D eigenvalue weighted by atomic mass is 10.0. The van der Waals surface area contributed by atoms with Gasteiger partial charge in [-0.15, -0.1) is 0 Å². The number of piperidine rings is 1. The Hall–Kier alpha value is -4.11. The van der Waals surface area contributed by atoms with E-state index in [0.717, 1.165) is 0 Å². The van der Waals surface area contributed by atoms with Crippen molar-refractivity contribution < 1.29 is 35.1 Å². The number of hydrogen-bond donors (Lipinski definition) is 3. The minimum absolute atomic E-state index is 0.00830. The van der Waals surface area contributed by atoms with E-state index in [1.807, 2.05) is 4.72 Å². The van der Waals surface area contributed by atoms with Crippen LogP contribution in [0.1, 0.15) is 18.4 Å². The highest BCUT2D eigenvalue weighted by Gasteiger charge is 2.31. The van der Waals surface area contributed by atoms with E-state index in [9.17, 15) is 26.0 Å². The van der Waals surface area contributed by atoms with Gasteiger partial charge in [-0.25, -0.2) is 32.2 Å². The van der Waals surface area contributed by atoms with E-state index in [1.54, 1.807) is 30.5 Å². The van der Waals surface area contributed by atoms with E-state index in [4.69, 9.17) is 4.74 Å². The molecular formula is C28H27F5N6O3S. The Morgan fingerprint density at radius 3 is 2.53 bits per heavy atom. The number of nitrogens with zero attached hydrogens (tertiary/aromatic N) is 3. The summed E-state index contributed by atoms with van der Waals surface area (Å²) in [5.41, 5.74) is 0.252. The number of benzene rings is 2. The predicted octanol–water partition coefficient (Wildman–Crippen LogP) is 5.74. The molecule has 9 nitrogen and oxygen atoms in total. The van der Waals surface area contributed by atoms with E-state index in [-0.39, 0.29) is 34.0 Å². The number of aromatic nitrogens is 3. The van der Waals surface area contributed by atoms with Crippen molar-refractivity contribution in [3.05, 3.63) is 66.4 Å². The van der Waals surface area contributed by atoms with Crippen molar-refractivity contribution in [3.63, 3.8) is 0 Å². The largest absolute Gasteiger partial charge is 0.436 e. The van der Waals surface area contributed by atoms with E-state index < -0.39 is 46.0 Å². The molecule has 0 aliphatic carbocycles. The molecule has 1 aliphatic rings. The lowest BCUT2D eigenvalue weighted by Gasteiger charge is -2.26. The molecule has 0 saturated carbocycles. The minimum Gasteiger partial charge on any atom is -0.436 e. The lowest BCUT2D eigenvalue weighted by molar-refractivity contribution is -0.129. The Balaban J connectivity index is 1.48. The number of fused-ring (bicyclic) bond motifs is 1. The molecule has 0 unspecified atom stereocenters. The first-order valence-corrected chi connectivity index (χ1v) is 14.9. The summed E-state index contributed by atoms with van der Waals surface area (Å²) in [4.78, 5) is 13.0. The number of alkyl halides is 4. The van der Waals surface area contributed by atoms with E-state index in [2.05, 4.69) is 25.6 Å². The summed E-state index contributed by atoms with van der Waals surface area (Å²) < 4.78 is 101. The second-order valence-electron chi connectivity index (χ2n) is 10.0. The number of anilines is 2. The van der Waals surface area contributed by atoms with Crippen LogP contribution >= 0.6 is 0 Å². The van der Waals surface area contributed by atoms with Gasteiger partial charge in [-0.3, -0.25) is 4.72 Å². The van der Waals surface area contributed by atoms with Crippen molar-refractivity contribution >= 4 is 32.3 Å². The third kappa shape index (κ3) is 7.28. The molecule has 3 heterocycles. The summed E-state index contributed by atoms with van der Waals surface area (Å²) in [6, 6.07) is 9.32. The Bertz CT molecular complexity index is 1740. The number of halogens is 5. The van der Waals surface area contributed by atoms with Crippen LogP contribution in [-0.2, 0) is 10.0 Å². The molecule has 2 aromatic heterocycles. The van der Waals surface area contributed by atoms with Gasteiger partial charge in [0.05, 0.1) is 17.9 Å². The molecule has 43 heavy (non-hydrogen) atoms. The molecule has 5 rings (SSSR count). The van der Waals surface area contributed by atoms with Gasteiger partial charge in [-0.05, 0) is 19.1 Å². The van der Waals surface area contributed by atoms with Crippen LogP contribution < -0.4 is 20.1 Å². The van der Waals surface area contributed by atoms with E-state index >= 15 is 4.39 Å². The highest BCUT2D eigenvalue weighted by molar-refractivity contribution is 7.92. The molecule has 0 radical (unpaired) electrons. The fraction of sp³-hybridized carbons (Fsp3) is 0.321. The van der Waals surface area contributed by atoms with Crippen molar-refractivity contribution in [2.24, 2.45) is 0 Å².